The van der Waals surface area contributed by atoms with Gasteiger partial charge in [0.05, 0.1) is 12.8 Å². The van der Waals surface area contributed by atoms with E-state index in [1.807, 2.05) is 12.1 Å². The third-order valence-electron chi connectivity index (χ3n) is 3.21. The monoisotopic (exact) mass is 256 g/mol. The van der Waals surface area contributed by atoms with Crippen molar-refractivity contribution in [2.75, 3.05) is 12.8 Å². The second kappa shape index (κ2) is 5.10. The summed E-state index contributed by atoms with van der Waals surface area (Å²) in [7, 11) is 1.31. The van der Waals surface area contributed by atoms with Gasteiger partial charge in [0.15, 0.2) is 5.69 Å². The highest BCUT2D eigenvalue weighted by molar-refractivity contribution is 5.93. The molecule has 19 heavy (non-hydrogen) atoms. The van der Waals surface area contributed by atoms with Gasteiger partial charge in [-0.15, -0.1) is 0 Å². The van der Waals surface area contributed by atoms with Crippen LogP contribution in [0.25, 0.3) is 11.1 Å². The molecule has 4 nitrogen and oxygen atoms in total. The van der Waals surface area contributed by atoms with E-state index in [9.17, 15) is 4.79 Å². The molecule has 0 radical (unpaired) electrons. The van der Waals surface area contributed by atoms with E-state index < -0.39 is 5.97 Å². The highest BCUT2D eigenvalue weighted by Gasteiger charge is 2.13. The molecule has 4 heteroatoms. The van der Waals surface area contributed by atoms with Crippen LogP contribution in [0.3, 0.4) is 0 Å². The lowest BCUT2D eigenvalue weighted by Gasteiger charge is -2.10. The molecule has 98 valence electrons. The van der Waals surface area contributed by atoms with Crippen molar-refractivity contribution in [2.24, 2.45) is 0 Å². The van der Waals surface area contributed by atoms with E-state index in [0.717, 1.165) is 11.1 Å². The van der Waals surface area contributed by atoms with Gasteiger partial charge in [-0.3, -0.25) is 0 Å². The Balaban J connectivity index is 2.51. The minimum atomic E-state index is -0.523. The third-order valence-corrected chi connectivity index (χ3v) is 3.21. The smallest absolute Gasteiger partial charge is 0.358 e. The Bertz CT molecular complexity index is 636. The first kappa shape index (κ1) is 13.1. The number of benzene rings is 1. The van der Waals surface area contributed by atoms with Gasteiger partial charge in [0.1, 0.15) is 0 Å². The number of nitrogens with two attached hydrogens (primary N) is 1. The summed E-state index contributed by atoms with van der Waals surface area (Å²) >= 11 is 0. The number of pyridine rings is 1. The summed E-state index contributed by atoms with van der Waals surface area (Å²) in [4.78, 5) is 15.5. The van der Waals surface area contributed by atoms with Crippen LogP contribution >= 0.6 is 0 Å². The van der Waals surface area contributed by atoms with Gasteiger partial charge in [-0.25, -0.2) is 9.78 Å². The summed E-state index contributed by atoms with van der Waals surface area (Å²) < 4.78 is 4.62. The maximum Gasteiger partial charge on any atom is 0.358 e. The fourth-order valence-corrected chi connectivity index (χ4v) is 1.96. The zero-order valence-electron chi connectivity index (χ0n) is 11.2. The molecule has 0 saturated carbocycles. The van der Waals surface area contributed by atoms with Crippen LogP contribution in [0.2, 0.25) is 0 Å². The van der Waals surface area contributed by atoms with E-state index in [1.54, 1.807) is 12.3 Å². The Morgan fingerprint density at radius 2 is 2.05 bits per heavy atom. The molecule has 0 saturated heterocycles. The molecule has 0 atom stereocenters. The highest BCUT2D eigenvalue weighted by atomic mass is 16.5. The fraction of sp³-hybridized carbons (Fsp3) is 0.200. The third kappa shape index (κ3) is 2.42. The fourth-order valence-electron chi connectivity index (χ4n) is 1.96. The van der Waals surface area contributed by atoms with Gasteiger partial charge in [-0.05, 0) is 36.6 Å². The molecule has 0 amide bonds. The Labute approximate surface area is 112 Å². The number of rotatable bonds is 2. The molecule has 2 rings (SSSR count). The minimum absolute atomic E-state index is 0.150. The number of methoxy groups -OCH3 is 1. The Morgan fingerprint density at radius 1 is 1.32 bits per heavy atom. The second-order valence-electron chi connectivity index (χ2n) is 4.40. The predicted molar refractivity (Wildman–Crippen MR) is 74.9 cm³/mol. The van der Waals surface area contributed by atoms with Gasteiger partial charge in [0.2, 0.25) is 0 Å². The van der Waals surface area contributed by atoms with Gasteiger partial charge in [-0.2, -0.15) is 0 Å². The molecular weight excluding hydrogens is 240 g/mol. The zero-order chi connectivity index (χ0) is 14.0. The van der Waals surface area contributed by atoms with E-state index in [1.165, 1.54) is 18.2 Å². The van der Waals surface area contributed by atoms with Crippen molar-refractivity contribution in [3.05, 3.63) is 47.3 Å². The van der Waals surface area contributed by atoms with Crippen LogP contribution in [0.4, 0.5) is 5.69 Å². The molecule has 1 aromatic carbocycles. The average Bonchev–Trinajstić information content (AvgIpc) is 2.41. The van der Waals surface area contributed by atoms with E-state index in [0.29, 0.717) is 5.69 Å². The van der Waals surface area contributed by atoms with Crippen LogP contribution in [-0.4, -0.2) is 18.1 Å². The molecule has 0 aliphatic rings. The number of hydrogen-bond acceptors (Lipinski definition) is 4. The van der Waals surface area contributed by atoms with Crippen LogP contribution in [0.15, 0.2) is 30.5 Å². The number of anilines is 1. The summed E-state index contributed by atoms with van der Waals surface area (Å²) in [5, 5.41) is 0. The van der Waals surface area contributed by atoms with Gasteiger partial charge >= 0.3 is 5.97 Å². The number of aromatic nitrogens is 1. The lowest BCUT2D eigenvalue weighted by atomic mass is 9.98. The standard InChI is InChI=1S/C15H16N2O2/c1-9-5-4-6-12(10(9)2)11-7-13(16)14(17-8-11)15(18)19-3/h4-8H,16H2,1-3H3. The number of aryl methyl sites for hydroxylation is 1. The van der Waals surface area contributed by atoms with E-state index in [4.69, 9.17) is 5.73 Å². The second-order valence-corrected chi connectivity index (χ2v) is 4.40. The van der Waals surface area contributed by atoms with E-state index in [2.05, 4.69) is 29.6 Å². The molecular formula is C15H16N2O2. The molecule has 2 aromatic rings. The normalized spacial score (nSPS) is 10.3. The maximum absolute atomic E-state index is 11.4. The number of carbonyl (C=O) groups is 1. The summed E-state index contributed by atoms with van der Waals surface area (Å²) in [6.07, 6.45) is 1.64. The van der Waals surface area contributed by atoms with Gasteiger partial charge in [-0.1, -0.05) is 18.2 Å². The quantitative estimate of drug-likeness (QED) is 0.839. The number of ether oxygens (including phenoxy) is 1. The van der Waals surface area contributed by atoms with Crippen molar-refractivity contribution in [1.82, 2.24) is 4.98 Å². The van der Waals surface area contributed by atoms with Crippen molar-refractivity contribution in [2.45, 2.75) is 13.8 Å². The first-order valence-corrected chi connectivity index (χ1v) is 5.95. The Kier molecular flexibility index (Phi) is 3.51. The SMILES string of the molecule is COC(=O)c1ncc(-c2cccc(C)c2C)cc1N. The largest absolute Gasteiger partial charge is 0.464 e. The van der Waals surface area contributed by atoms with Crippen molar-refractivity contribution in [3.63, 3.8) is 0 Å². The molecule has 0 spiro atoms. The molecule has 0 fully saturated rings. The minimum Gasteiger partial charge on any atom is -0.464 e. The van der Waals surface area contributed by atoms with Crippen molar-refractivity contribution < 1.29 is 9.53 Å². The van der Waals surface area contributed by atoms with Crippen LogP contribution in [-0.2, 0) is 4.74 Å². The van der Waals surface area contributed by atoms with Gasteiger partial charge < -0.3 is 10.5 Å². The van der Waals surface area contributed by atoms with Crippen molar-refractivity contribution >= 4 is 11.7 Å². The molecule has 2 N–H and O–H groups in total. The number of esters is 1. The predicted octanol–water partition coefficient (Wildman–Crippen LogP) is 2.73. The average molecular weight is 256 g/mol. The first-order chi connectivity index (χ1) is 9.04. The maximum atomic E-state index is 11.4. The molecule has 1 heterocycles. The van der Waals surface area contributed by atoms with Crippen LogP contribution in [0.5, 0.6) is 0 Å². The molecule has 1 aromatic heterocycles. The summed E-state index contributed by atoms with van der Waals surface area (Å²) in [6, 6.07) is 7.80. The Morgan fingerprint density at radius 3 is 2.68 bits per heavy atom. The topological polar surface area (TPSA) is 65.2 Å². The summed E-state index contributed by atoms with van der Waals surface area (Å²) in [6.45, 7) is 4.10. The molecule has 0 aliphatic carbocycles. The lowest BCUT2D eigenvalue weighted by Crippen LogP contribution is -2.08. The summed E-state index contributed by atoms with van der Waals surface area (Å²) in [5.41, 5.74) is 10.7. The lowest BCUT2D eigenvalue weighted by molar-refractivity contribution is 0.0595. The van der Waals surface area contributed by atoms with Crippen molar-refractivity contribution in [1.29, 1.82) is 0 Å². The van der Waals surface area contributed by atoms with Crippen LogP contribution in [0.1, 0.15) is 21.6 Å². The van der Waals surface area contributed by atoms with Crippen LogP contribution < -0.4 is 5.73 Å². The molecule has 0 unspecified atom stereocenters. The van der Waals surface area contributed by atoms with Gasteiger partial charge in [0.25, 0.3) is 0 Å². The number of nitrogen functional groups attached to an aromatic ring is 1. The highest BCUT2D eigenvalue weighted by Crippen LogP contribution is 2.27. The summed E-state index contributed by atoms with van der Waals surface area (Å²) in [5.74, 6) is -0.523. The van der Waals surface area contributed by atoms with Crippen LogP contribution in [0, 0.1) is 13.8 Å². The molecule has 0 bridgehead atoms. The number of hydrogen-bond donors (Lipinski definition) is 1. The molecule has 0 aliphatic heterocycles. The van der Waals surface area contributed by atoms with Gasteiger partial charge in [0, 0.05) is 11.8 Å². The first-order valence-electron chi connectivity index (χ1n) is 5.95. The number of nitrogens with zero attached hydrogens (tertiary/aromatic N) is 1. The van der Waals surface area contributed by atoms with E-state index in [-0.39, 0.29) is 5.69 Å². The van der Waals surface area contributed by atoms with E-state index >= 15 is 0 Å². The van der Waals surface area contributed by atoms with Crippen molar-refractivity contribution in [3.8, 4) is 11.1 Å². The Hall–Kier alpha value is -2.36. The zero-order valence-corrected chi connectivity index (χ0v) is 11.2. The number of carbonyl (C=O) groups excluding carboxylic acids is 1.